The Labute approximate surface area is 112 Å². The van der Waals surface area contributed by atoms with Crippen molar-refractivity contribution in [2.24, 2.45) is 0 Å². The molecular weight excluding hydrogens is 300 g/mol. The van der Waals surface area contributed by atoms with Crippen molar-refractivity contribution in [1.82, 2.24) is 15.0 Å². The van der Waals surface area contributed by atoms with Crippen molar-refractivity contribution >= 4 is 27.6 Å². The van der Waals surface area contributed by atoms with Gasteiger partial charge in [0.1, 0.15) is 0 Å². The van der Waals surface area contributed by atoms with E-state index < -0.39 is 5.97 Å². The minimum atomic E-state index is -0.948. The summed E-state index contributed by atoms with van der Waals surface area (Å²) in [6.07, 6.45) is 3.38. The van der Waals surface area contributed by atoms with Crippen LogP contribution in [0.15, 0.2) is 35.1 Å². The molecule has 0 fully saturated rings. The van der Waals surface area contributed by atoms with Gasteiger partial charge in [-0.25, -0.2) is 4.79 Å². The predicted octanol–water partition coefficient (Wildman–Crippen LogP) is 1.85. The van der Waals surface area contributed by atoms with Gasteiger partial charge in [0.25, 0.3) is 0 Å². The average molecular weight is 311 g/mol. The summed E-state index contributed by atoms with van der Waals surface area (Å²) < 4.78 is 2.42. The normalized spacial score (nSPS) is 10.3. The van der Waals surface area contributed by atoms with Crippen LogP contribution < -0.4 is 5.32 Å². The fraction of sp³-hybridized carbons (Fsp3) is 0.182. The molecule has 1 aromatic carbocycles. The van der Waals surface area contributed by atoms with Gasteiger partial charge in [-0.3, -0.25) is 4.68 Å². The van der Waals surface area contributed by atoms with E-state index in [9.17, 15) is 4.79 Å². The number of halogens is 1. The highest BCUT2D eigenvalue weighted by molar-refractivity contribution is 9.10. The van der Waals surface area contributed by atoms with Gasteiger partial charge in [-0.1, -0.05) is 21.1 Å². The molecule has 0 aliphatic heterocycles. The summed E-state index contributed by atoms with van der Waals surface area (Å²) in [4.78, 5) is 10.9. The van der Waals surface area contributed by atoms with Gasteiger partial charge >= 0.3 is 5.97 Å². The number of aromatic carboxylic acids is 1. The third kappa shape index (κ3) is 3.30. The Hall–Kier alpha value is -1.89. The molecule has 1 heterocycles. The van der Waals surface area contributed by atoms with Gasteiger partial charge < -0.3 is 10.4 Å². The third-order valence-electron chi connectivity index (χ3n) is 2.29. The highest BCUT2D eigenvalue weighted by atomic mass is 79.9. The van der Waals surface area contributed by atoms with E-state index in [2.05, 4.69) is 31.6 Å². The molecule has 0 atom stereocenters. The molecule has 18 heavy (non-hydrogen) atoms. The van der Waals surface area contributed by atoms with Gasteiger partial charge in [-0.15, -0.1) is 5.10 Å². The third-order valence-corrected chi connectivity index (χ3v) is 2.74. The molecule has 6 nitrogen and oxygen atoms in total. The van der Waals surface area contributed by atoms with Gasteiger partial charge in [0.05, 0.1) is 18.3 Å². The van der Waals surface area contributed by atoms with Crippen LogP contribution in [0.2, 0.25) is 0 Å². The van der Waals surface area contributed by atoms with E-state index in [1.165, 1.54) is 0 Å². The van der Waals surface area contributed by atoms with E-state index >= 15 is 0 Å². The summed E-state index contributed by atoms with van der Waals surface area (Å²) >= 11 is 3.28. The van der Waals surface area contributed by atoms with Crippen LogP contribution in [0.5, 0.6) is 0 Å². The van der Waals surface area contributed by atoms with Crippen LogP contribution in [-0.2, 0) is 6.54 Å². The standard InChI is InChI=1S/C11H11BrN4O2/c12-9-5-8(11(17)18)6-10(7-9)13-1-3-16-4-2-14-15-16/h2,4-7,13H,1,3H2,(H,17,18). The van der Waals surface area contributed by atoms with E-state index in [0.717, 1.165) is 10.2 Å². The topological polar surface area (TPSA) is 80.0 Å². The zero-order valence-corrected chi connectivity index (χ0v) is 11.0. The molecule has 94 valence electrons. The first-order chi connectivity index (χ1) is 8.65. The maximum atomic E-state index is 10.9. The van der Waals surface area contributed by atoms with Gasteiger partial charge in [0.2, 0.25) is 0 Å². The minimum Gasteiger partial charge on any atom is -0.478 e. The van der Waals surface area contributed by atoms with Crippen LogP contribution in [0, 0.1) is 0 Å². The number of aromatic nitrogens is 3. The lowest BCUT2D eigenvalue weighted by Crippen LogP contribution is -2.11. The smallest absolute Gasteiger partial charge is 0.335 e. The largest absolute Gasteiger partial charge is 0.478 e. The second kappa shape index (κ2) is 5.63. The number of hydrogen-bond acceptors (Lipinski definition) is 4. The molecule has 2 N–H and O–H groups in total. The molecule has 7 heteroatoms. The van der Waals surface area contributed by atoms with E-state index in [0.29, 0.717) is 13.1 Å². The number of carbonyl (C=O) groups is 1. The van der Waals surface area contributed by atoms with Gasteiger partial charge in [0.15, 0.2) is 0 Å². The molecular formula is C11H11BrN4O2. The molecule has 0 spiro atoms. The number of carboxylic acids is 1. The first-order valence-corrected chi connectivity index (χ1v) is 6.06. The van der Waals surface area contributed by atoms with Gasteiger partial charge in [0, 0.05) is 22.9 Å². The van der Waals surface area contributed by atoms with Gasteiger partial charge in [-0.05, 0) is 18.2 Å². The average Bonchev–Trinajstić information content (AvgIpc) is 2.81. The van der Waals surface area contributed by atoms with Crippen molar-refractivity contribution in [2.45, 2.75) is 6.54 Å². The van der Waals surface area contributed by atoms with Crippen molar-refractivity contribution < 1.29 is 9.90 Å². The molecule has 0 bridgehead atoms. The van der Waals surface area contributed by atoms with Crippen LogP contribution in [-0.4, -0.2) is 32.6 Å². The van der Waals surface area contributed by atoms with E-state index in [4.69, 9.17) is 5.11 Å². The molecule has 2 aromatic rings. The molecule has 0 radical (unpaired) electrons. The Morgan fingerprint density at radius 3 is 2.94 bits per heavy atom. The monoisotopic (exact) mass is 310 g/mol. The second-order valence-corrected chi connectivity index (χ2v) is 4.54. The molecule has 0 unspecified atom stereocenters. The number of carboxylic acid groups (broad SMARTS) is 1. The number of hydrogen-bond donors (Lipinski definition) is 2. The van der Waals surface area contributed by atoms with Crippen LogP contribution in [0.25, 0.3) is 0 Å². The van der Waals surface area contributed by atoms with Crippen LogP contribution in [0.4, 0.5) is 5.69 Å². The Bertz CT molecular complexity index is 542. The minimum absolute atomic E-state index is 0.243. The van der Waals surface area contributed by atoms with Gasteiger partial charge in [-0.2, -0.15) is 0 Å². The summed E-state index contributed by atoms with van der Waals surface area (Å²) in [6.45, 7) is 1.30. The Morgan fingerprint density at radius 1 is 1.44 bits per heavy atom. The van der Waals surface area contributed by atoms with Crippen LogP contribution in [0.1, 0.15) is 10.4 Å². The second-order valence-electron chi connectivity index (χ2n) is 3.63. The predicted molar refractivity (Wildman–Crippen MR) is 69.6 cm³/mol. The maximum absolute atomic E-state index is 10.9. The number of anilines is 1. The molecule has 2 rings (SSSR count). The zero-order valence-electron chi connectivity index (χ0n) is 9.38. The first-order valence-electron chi connectivity index (χ1n) is 5.27. The molecule has 0 aliphatic rings. The SMILES string of the molecule is O=C(O)c1cc(Br)cc(NCCn2ccnn2)c1. The lowest BCUT2D eigenvalue weighted by Gasteiger charge is -2.08. The summed E-state index contributed by atoms with van der Waals surface area (Å²) in [7, 11) is 0. The number of nitrogens with one attached hydrogen (secondary N) is 1. The van der Waals surface area contributed by atoms with Crippen molar-refractivity contribution in [3.63, 3.8) is 0 Å². The van der Waals surface area contributed by atoms with Crippen molar-refractivity contribution in [3.8, 4) is 0 Å². The summed E-state index contributed by atoms with van der Waals surface area (Å²) in [6, 6.07) is 4.98. The maximum Gasteiger partial charge on any atom is 0.335 e. The van der Waals surface area contributed by atoms with Crippen molar-refractivity contribution in [3.05, 3.63) is 40.6 Å². The summed E-state index contributed by atoms with van der Waals surface area (Å²) in [5.41, 5.74) is 0.995. The van der Waals surface area contributed by atoms with Crippen LogP contribution in [0.3, 0.4) is 0 Å². The summed E-state index contributed by atoms with van der Waals surface area (Å²) in [5, 5.41) is 19.6. The highest BCUT2D eigenvalue weighted by Crippen LogP contribution is 2.19. The van der Waals surface area contributed by atoms with E-state index in [1.807, 2.05) is 6.07 Å². The highest BCUT2D eigenvalue weighted by Gasteiger charge is 2.05. The molecule has 0 aliphatic carbocycles. The lowest BCUT2D eigenvalue weighted by molar-refractivity contribution is 0.0697. The van der Waals surface area contributed by atoms with E-state index in [-0.39, 0.29) is 5.56 Å². The zero-order chi connectivity index (χ0) is 13.0. The molecule has 1 aromatic heterocycles. The first kappa shape index (κ1) is 12.6. The molecule has 0 amide bonds. The Morgan fingerprint density at radius 2 is 2.28 bits per heavy atom. The lowest BCUT2D eigenvalue weighted by atomic mass is 10.2. The Kier molecular flexibility index (Phi) is 3.93. The van der Waals surface area contributed by atoms with Crippen molar-refractivity contribution in [2.75, 3.05) is 11.9 Å². The quantitative estimate of drug-likeness (QED) is 0.881. The number of rotatable bonds is 5. The molecule has 0 saturated heterocycles. The Balaban J connectivity index is 1.98. The fourth-order valence-electron chi connectivity index (χ4n) is 1.48. The fourth-order valence-corrected chi connectivity index (χ4v) is 1.98. The van der Waals surface area contributed by atoms with Crippen molar-refractivity contribution in [1.29, 1.82) is 0 Å². The molecule has 0 saturated carbocycles. The number of benzene rings is 1. The summed E-state index contributed by atoms with van der Waals surface area (Å²) in [5.74, 6) is -0.948. The van der Waals surface area contributed by atoms with E-state index in [1.54, 1.807) is 29.2 Å². The number of nitrogens with zero attached hydrogens (tertiary/aromatic N) is 3. The van der Waals surface area contributed by atoms with Crippen LogP contribution >= 0.6 is 15.9 Å².